The van der Waals surface area contributed by atoms with Gasteiger partial charge in [0.05, 0.1) is 19.4 Å². The van der Waals surface area contributed by atoms with Crippen molar-refractivity contribution in [2.75, 3.05) is 13.2 Å². The average Bonchev–Trinajstić information content (AvgIpc) is 2.52. The van der Waals surface area contributed by atoms with Crippen LogP contribution in [0.4, 0.5) is 0 Å². The summed E-state index contributed by atoms with van der Waals surface area (Å²) >= 11 is 0. The summed E-state index contributed by atoms with van der Waals surface area (Å²) in [6, 6.07) is 15.1. The van der Waals surface area contributed by atoms with E-state index in [0.717, 1.165) is 23.1 Å². The van der Waals surface area contributed by atoms with E-state index >= 15 is 0 Å². The van der Waals surface area contributed by atoms with Gasteiger partial charge in [0.1, 0.15) is 5.75 Å². The van der Waals surface area contributed by atoms with Crippen LogP contribution in [0, 0.1) is 0 Å². The van der Waals surface area contributed by atoms with E-state index in [1.807, 2.05) is 50.2 Å². The summed E-state index contributed by atoms with van der Waals surface area (Å²) in [6.07, 6.45) is 1.07. The van der Waals surface area contributed by atoms with E-state index in [4.69, 9.17) is 9.05 Å². The minimum atomic E-state index is -3.06. The molecule has 0 fully saturated rings. The second-order valence-electron chi connectivity index (χ2n) is 5.26. The lowest BCUT2D eigenvalue weighted by Gasteiger charge is -2.17. The fraction of sp³-hybridized carbons (Fsp3) is 0.333. The topological polar surface area (TPSA) is 55.8 Å². The molecule has 0 aromatic heterocycles. The molecule has 5 heteroatoms. The first kappa shape index (κ1) is 17.7. The second-order valence-corrected chi connectivity index (χ2v) is 7.32. The maximum Gasteiger partial charge on any atom is 0.335 e. The van der Waals surface area contributed by atoms with Crippen LogP contribution in [0.5, 0.6) is 5.75 Å². The van der Waals surface area contributed by atoms with Gasteiger partial charge < -0.3 is 14.2 Å². The quantitative estimate of drug-likeness (QED) is 0.708. The van der Waals surface area contributed by atoms with Gasteiger partial charge in [-0.1, -0.05) is 36.4 Å². The first-order valence-electron chi connectivity index (χ1n) is 7.78. The molecule has 2 rings (SSSR count). The number of phenolic OH excluding ortho intramolecular Hbond substituents is 1. The monoisotopic (exact) mass is 334 g/mol. The van der Waals surface area contributed by atoms with Crippen molar-refractivity contribution >= 4 is 7.60 Å². The highest BCUT2D eigenvalue weighted by atomic mass is 31.2. The van der Waals surface area contributed by atoms with Crippen LogP contribution in [-0.2, 0) is 26.2 Å². The summed E-state index contributed by atoms with van der Waals surface area (Å²) in [5, 5.41) is 9.30. The maximum atomic E-state index is 12.5. The Morgan fingerprint density at radius 1 is 0.826 bits per heavy atom. The molecule has 0 atom stereocenters. The van der Waals surface area contributed by atoms with Gasteiger partial charge in [-0.25, -0.2) is 0 Å². The van der Waals surface area contributed by atoms with Gasteiger partial charge in [0, 0.05) is 0 Å². The number of rotatable bonds is 8. The van der Waals surface area contributed by atoms with Crippen LogP contribution in [-0.4, -0.2) is 18.3 Å². The van der Waals surface area contributed by atoms with Crippen molar-refractivity contribution < 1.29 is 18.7 Å². The highest BCUT2D eigenvalue weighted by molar-refractivity contribution is 7.53. The van der Waals surface area contributed by atoms with Crippen LogP contribution < -0.4 is 0 Å². The molecule has 0 unspecified atom stereocenters. The highest BCUT2D eigenvalue weighted by Gasteiger charge is 2.23. The Morgan fingerprint density at radius 2 is 1.26 bits per heavy atom. The molecular weight excluding hydrogens is 311 g/mol. The van der Waals surface area contributed by atoms with Gasteiger partial charge in [-0.2, -0.15) is 0 Å². The molecule has 0 amide bonds. The molecule has 0 aliphatic rings. The molecule has 0 radical (unpaired) electrons. The predicted octanol–water partition coefficient (Wildman–Crippen LogP) is 4.75. The number of hydrogen-bond acceptors (Lipinski definition) is 4. The number of phenols is 1. The molecule has 23 heavy (non-hydrogen) atoms. The zero-order valence-corrected chi connectivity index (χ0v) is 14.5. The fourth-order valence-corrected chi connectivity index (χ4v) is 4.06. The van der Waals surface area contributed by atoms with E-state index in [1.165, 1.54) is 0 Å². The third-order valence-electron chi connectivity index (χ3n) is 3.40. The number of hydrogen-bond donors (Lipinski definition) is 1. The van der Waals surface area contributed by atoms with Crippen molar-refractivity contribution in [2.24, 2.45) is 0 Å². The van der Waals surface area contributed by atoms with Crippen molar-refractivity contribution in [1.29, 1.82) is 0 Å². The largest absolute Gasteiger partial charge is 0.508 e. The Labute approximate surface area is 137 Å². The lowest BCUT2D eigenvalue weighted by atomic mass is 10.0. The van der Waals surface area contributed by atoms with E-state index < -0.39 is 7.60 Å². The Bertz CT molecular complexity index is 640. The molecule has 0 spiro atoms. The third kappa shape index (κ3) is 5.51. The highest BCUT2D eigenvalue weighted by Crippen LogP contribution is 2.51. The fourth-order valence-electron chi connectivity index (χ4n) is 2.36. The Balaban J connectivity index is 2.03. The van der Waals surface area contributed by atoms with E-state index in [0.29, 0.717) is 13.2 Å². The summed E-state index contributed by atoms with van der Waals surface area (Å²) in [7, 11) is -3.06. The standard InChI is InChI=1S/C18H23O4P/c1-3-21-23(20,22-4-2)14-17-7-5-15(6-8-17)13-16-9-11-18(19)12-10-16/h5-12,19H,3-4,13-14H2,1-2H3. The maximum absolute atomic E-state index is 12.5. The Morgan fingerprint density at radius 3 is 1.74 bits per heavy atom. The van der Waals surface area contributed by atoms with Gasteiger partial charge in [-0.05, 0) is 49.1 Å². The zero-order valence-electron chi connectivity index (χ0n) is 13.6. The number of aromatic hydroxyl groups is 1. The van der Waals surface area contributed by atoms with Gasteiger partial charge in [0.2, 0.25) is 0 Å². The van der Waals surface area contributed by atoms with E-state index in [2.05, 4.69) is 0 Å². The molecule has 0 bridgehead atoms. The van der Waals surface area contributed by atoms with Crippen molar-refractivity contribution in [2.45, 2.75) is 26.4 Å². The smallest absolute Gasteiger partial charge is 0.335 e. The molecular formula is C18H23O4P. The van der Waals surface area contributed by atoms with Gasteiger partial charge >= 0.3 is 7.60 Å². The summed E-state index contributed by atoms with van der Waals surface area (Å²) in [5.74, 6) is 0.270. The number of benzene rings is 2. The van der Waals surface area contributed by atoms with Crippen LogP contribution in [0.1, 0.15) is 30.5 Å². The van der Waals surface area contributed by atoms with Gasteiger partial charge in [-0.3, -0.25) is 4.57 Å². The predicted molar refractivity (Wildman–Crippen MR) is 91.9 cm³/mol. The first-order chi connectivity index (χ1) is 11.0. The molecule has 0 aliphatic heterocycles. The van der Waals surface area contributed by atoms with E-state index in [-0.39, 0.29) is 11.9 Å². The second kappa shape index (κ2) is 8.30. The van der Waals surface area contributed by atoms with Crippen molar-refractivity contribution in [3.8, 4) is 5.75 Å². The van der Waals surface area contributed by atoms with Gasteiger partial charge in [-0.15, -0.1) is 0 Å². The summed E-state index contributed by atoms with van der Waals surface area (Å²) in [5.41, 5.74) is 3.22. The molecule has 0 saturated carbocycles. The van der Waals surface area contributed by atoms with Crippen LogP contribution in [0.3, 0.4) is 0 Å². The minimum Gasteiger partial charge on any atom is -0.508 e. The van der Waals surface area contributed by atoms with Crippen molar-refractivity contribution in [3.05, 3.63) is 65.2 Å². The van der Waals surface area contributed by atoms with Crippen LogP contribution in [0.2, 0.25) is 0 Å². The molecule has 124 valence electrons. The molecule has 0 saturated heterocycles. The molecule has 4 nitrogen and oxygen atoms in total. The van der Waals surface area contributed by atoms with Crippen molar-refractivity contribution in [3.63, 3.8) is 0 Å². The lowest BCUT2D eigenvalue weighted by Crippen LogP contribution is -1.99. The van der Waals surface area contributed by atoms with Crippen LogP contribution in [0.15, 0.2) is 48.5 Å². The summed E-state index contributed by atoms with van der Waals surface area (Å²) in [6.45, 7) is 4.37. The van der Waals surface area contributed by atoms with Crippen LogP contribution in [0.25, 0.3) is 0 Å². The molecule has 2 aromatic rings. The van der Waals surface area contributed by atoms with Gasteiger partial charge in [0.15, 0.2) is 0 Å². The average molecular weight is 334 g/mol. The molecule has 1 N–H and O–H groups in total. The van der Waals surface area contributed by atoms with Crippen LogP contribution >= 0.6 is 7.60 Å². The minimum absolute atomic E-state index is 0.270. The SMILES string of the molecule is CCOP(=O)(Cc1ccc(Cc2ccc(O)cc2)cc1)OCC. The van der Waals surface area contributed by atoms with E-state index in [1.54, 1.807) is 12.1 Å². The summed E-state index contributed by atoms with van der Waals surface area (Å²) in [4.78, 5) is 0. The molecule has 2 aromatic carbocycles. The first-order valence-corrected chi connectivity index (χ1v) is 9.51. The van der Waals surface area contributed by atoms with Gasteiger partial charge in [0.25, 0.3) is 0 Å². The zero-order chi connectivity index (χ0) is 16.7. The summed E-state index contributed by atoms with van der Waals surface area (Å²) < 4.78 is 23.2. The van der Waals surface area contributed by atoms with Crippen molar-refractivity contribution in [1.82, 2.24) is 0 Å². The normalized spacial score (nSPS) is 11.6. The molecule has 0 aliphatic carbocycles. The molecule has 0 heterocycles. The van der Waals surface area contributed by atoms with E-state index in [9.17, 15) is 9.67 Å². The Kier molecular flexibility index (Phi) is 6.40. The Hall–Kier alpha value is -1.61. The lowest BCUT2D eigenvalue weighted by molar-refractivity contribution is 0.219. The third-order valence-corrected chi connectivity index (χ3v) is 5.45.